The smallest absolute Gasteiger partial charge is 0.219 e. The number of aliphatic hydroxyl groups is 1. The predicted octanol–water partition coefficient (Wildman–Crippen LogP) is 2.07. The van der Waals surface area contributed by atoms with Crippen molar-refractivity contribution in [1.29, 1.82) is 0 Å². The summed E-state index contributed by atoms with van der Waals surface area (Å²) in [4.78, 5) is 11.8. The second-order valence-corrected chi connectivity index (χ2v) is 5.31. The highest BCUT2D eigenvalue weighted by Crippen LogP contribution is 2.26. The number of hydrogen-bond acceptors (Lipinski definition) is 3. The maximum Gasteiger partial charge on any atom is 0.219 e. The number of halogens is 1. The number of carbonyl (C=O) groups excluding carboxylic acids is 1. The van der Waals surface area contributed by atoms with Crippen molar-refractivity contribution in [1.82, 2.24) is 5.32 Å². The molecule has 14 heavy (non-hydrogen) atoms. The van der Waals surface area contributed by atoms with Gasteiger partial charge in [-0.2, -0.15) is 0 Å². The largest absolute Gasteiger partial charge is 0.386 e. The van der Waals surface area contributed by atoms with Gasteiger partial charge in [0, 0.05) is 17.8 Å². The molecule has 3 nitrogen and oxygen atoms in total. The summed E-state index contributed by atoms with van der Waals surface area (Å²) < 4.78 is 0.980. The van der Waals surface area contributed by atoms with Crippen LogP contribution in [0.25, 0.3) is 0 Å². The van der Waals surface area contributed by atoms with Crippen LogP contribution in [0.2, 0.25) is 0 Å². The maximum atomic E-state index is 10.9. The monoisotopic (exact) mass is 277 g/mol. The van der Waals surface area contributed by atoms with Gasteiger partial charge in [-0.25, -0.2) is 0 Å². The molecule has 0 spiro atoms. The topological polar surface area (TPSA) is 49.3 Å². The third kappa shape index (κ3) is 3.40. The second kappa shape index (κ2) is 5.48. The van der Waals surface area contributed by atoms with E-state index in [9.17, 15) is 9.90 Å². The molecule has 1 amide bonds. The Bertz CT molecular complexity index is 314. The van der Waals surface area contributed by atoms with Crippen molar-refractivity contribution in [3.63, 3.8) is 0 Å². The van der Waals surface area contributed by atoms with Crippen LogP contribution in [-0.4, -0.2) is 17.6 Å². The molecule has 1 heterocycles. The average molecular weight is 278 g/mol. The van der Waals surface area contributed by atoms with Crippen molar-refractivity contribution in [2.75, 3.05) is 6.54 Å². The zero-order chi connectivity index (χ0) is 10.6. The molecule has 0 radical (unpaired) electrons. The minimum atomic E-state index is -0.609. The first-order valence-corrected chi connectivity index (χ1v) is 5.94. The Kier molecular flexibility index (Phi) is 4.57. The first-order chi connectivity index (χ1) is 6.63. The van der Waals surface area contributed by atoms with Crippen LogP contribution in [0.5, 0.6) is 0 Å². The zero-order valence-electron chi connectivity index (χ0n) is 7.79. The van der Waals surface area contributed by atoms with Crippen LogP contribution in [-0.2, 0) is 4.79 Å². The quantitative estimate of drug-likeness (QED) is 0.885. The molecule has 0 bridgehead atoms. The molecule has 1 aromatic rings. The molecule has 5 heteroatoms. The molecular formula is C9H12BrNO2S. The van der Waals surface area contributed by atoms with Gasteiger partial charge < -0.3 is 10.4 Å². The van der Waals surface area contributed by atoms with E-state index in [1.54, 1.807) is 6.92 Å². The fourth-order valence-electron chi connectivity index (χ4n) is 0.943. The Hall–Kier alpha value is -0.390. The van der Waals surface area contributed by atoms with Crippen LogP contribution < -0.4 is 5.32 Å². The third-order valence-corrected chi connectivity index (χ3v) is 3.46. The highest BCUT2D eigenvalue weighted by atomic mass is 79.9. The Morgan fingerprint density at radius 2 is 2.43 bits per heavy atom. The normalized spacial score (nSPS) is 12.5. The summed E-state index contributed by atoms with van der Waals surface area (Å²) in [5.74, 6) is -0.0420. The van der Waals surface area contributed by atoms with Crippen molar-refractivity contribution in [3.8, 4) is 0 Å². The second-order valence-electron chi connectivity index (χ2n) is 2.82. The summed E-state index contributed by atoms with van der Waals surface area (Å²) in [6.07, 6.45) is -0.164. The Balaban J connectivity index is 2.42. The van der Waals surface area contributed by atoms with Gasteiger partial charge in [0.25, 0.3) is 0 Å². The average Bonchev–Trinajstić information content (AvgIpc) is 2.60. The summed E-state index contributed by atoms with van der Waals surface area (Å²) in [7, 11) is 0. The number of thiophene rings is 1. The van der Waals surface area contributed by atoms with Gasteiger partial charge in [-0.05, 0) is 28.1 Å². The molecular weight excluding hydrogens is 266 g/mol. The van der Waals surface area contributed by atoms with Gasteiger partial charge in [-0.1, -0.05) is 6.92 Å². The van der Waals surface area contributed by atoms with Gasteiger partial charge in [-0.3, -0.25) is 4.79 Å². The lowest BCUT2D eigenvalue weighted by atomic mass is 10.3. The summed E-state index contributed by atoms with van der Waals surface area (Å²) >= 11 is 4.78. The van der Waals surface area contributed by atoms with Crippen LogP contribution in [0, 0.1) is 0 Å². The van der Waals surface area contributed by atoms with Crippen LogP contribution in [0.1, 0.15) is 24.3 Å². The van der Waals surface area contributed by atoms with Crippen molar-refractivity contribution < 1.29 is 9.90 Å². The number of carbonyl (C=O) groups is 1. The fourth-order valence-corrected chi connectivity index (χ4v) is 2.35. The van der Waals surface area contributed by atoms with Gasteiger partial charge in [0.05, 0.1) is 3.79 Å². The van der Waals surface area contributed by atoms with Crippen LogP contribution in [0.15, 0.2) is 15.9 Å². The third-order valence-electron chi connectivity index (χ3n) is 1.74. The van der Waals surface area contributed by atoms with Gasteiger partial charge in [-0.15, -0.1) is 11.3 Å². The summed E-state index contributed by atoms with van der Waals surface area (Å²) in [5, 5.41) is 12.3. The van der Waals surface area contributed by atoms with E-state index < -0.39 is 6.10 Å². The molecule has 0 fully saturated rings. The van der Waals surface area contributed by atoms with Crippen molar-refractivity contribution in [2.24, 2.45) is 0 Å². The molecule has 0 saturated carbocycles. The van der Waals surface area contributed by atoms with E-state index in [1.807, 2.05) is 12.1 Å². The first-order valence-electron chi connectivity index (χ1n) is 4.33. The number of aliphatic hydroxyl groups excluding tert-OH is 1. The van der Waals surface area contributed by atoms with E-state index >= 15 is 0 Å². The van der Waals surface area contributed by atoms with Crippen LogP contribution in [0.3, 0.4) is 0 Å². The van der Waals surface area contributed by atoms with Crippen molar-refractivity contribution in [3.05, 3.63) is 20.8 Å². The molecule has 0 aromatic carbocycles. The van der Waals surface area contributed by atoms with E-state index in [1.165, 1.54) is 11.3 Å². The SMILES string of the molecule is CCC(=O)NCC(O)c1ccc(Br)s1. The van der Waals surface area contributed by atoms with Gasteiger partial charge in [0.2, 0.25) is 5.91 Å². The molecule has 0 aliphatic carbocycles. The number of rotatable bonds is 4. The maximum absolute atomic E-state index is 10.9. The number of amides is 1. The molecule has 78 valence electrons. The lowest BCUT2D eigenvalue weighted by molar-refractivity contribution is -0.121. The van der Waals surface area contributed by atoms with E-state index in [0.29, 0.717) is 6.42 Å². The Morgan fingerprint density at radius 3 is 2.93 bits per heavy atom. The van der Waals surface area contributed by atoms with Crippen molar-refractivity contribution >= 4 is 33.2 Å². The molecule has 0 aliphatic heterocycles. The van der Waals surface area contributed by atoms with E-state index in [0.717, 1.165) is 8.66 Å². The minimum Gasteiger partial charge on any atom is -0.386 e. The van der Waals surface area contributed by atoms with Crippen LogP contribution >= 0.6 is 27.3 Å². The molecule has 0 aliphatic rings. The van der Waals surface area contributed by atoms with Gasteiger partial charge in [0.15, 0.2) is 0 Å². The van der Waals surface area contributed by atoms with Crippen molar-refractivity contribution in [2.45, 2.75) is 19.4 Å². The zero-order valence-corrected chi connectivity index (χ0v) is 10.2. The molecule has 1 atom stereocenters. The summed E-state index contributed by atoms with van der Waals surface area (Å²) in [6, 6.07) is 3.72. The lowest BCUT2D eigenvalue weighted by Gasteiger charge is -2.08. The predicted molar refractivity (Wildman–Crippen MR) is 60.3 cm³/mol. The number of hydrogen-bond donors (Lipinski definition) is 2. The van der Waals surface area contributed by atoms with E-state index in [-0.39, 0.29) is 12.5 Å². The molecule has 2 N–H and O–H groups in total. The number of nitrogens with one attached hydrogen (secondary N) is 1. The highest BCUT2D eigenvalue weighted by molar-refractivity contribution is 9.11. The van der Waals surface area contributed by atoms with Gasteiger partial charge >= 0.3 is 0 Å². The molecule has 1 rings (SSSR count). The van der Waals surface area contributed by atoms with Crippen LogP contribution in [0.4, 0.5) is 0 Å². The van der Waals surface area contributed by atoms with Gasteiger partial charge in [0.1, 0.15) is 6.10 Å². The summed E-state index contributed by atoms with van der Waals surface area (Å²) in [5.41, 5.74) is 0. The Morgan fingerprint density at radius 1 is 1.71 bits per heavy atom. The standard InChI is InChI=1S/C9H12BrNO2S/c1-2-9(13)11-5-6(12)7-3-4-8(10)14-7/h3-4,6,12H,2,5H2,1H3,(H,11,13). The summed E-state index contributed by atoms with van der Waals surface area (Å²) in [6.45, 7) is 2.06. The van der Waals surface area contributed by atoms with E-state index in [2.05, 4.69) is 21.2 Å². The minimum absolute atomic E-state index is 0.0420. The first kappa shape index (κ1) is 11.7. The molecule has 1 unspecified atom stereocenters. The lowest BCUT2D eigenvalue weighted by Crippen LogP contribution is -2.27. The fraction of sp³-hybridized carbons (Fsp3) is 0.444. The molecule has 0 saturated heterocycles. The highest BCUT2D eigenvalue weighted by Gasteiger charge is 2.10. The van der Waals surface area contributed by atoms with E-state index in [4.69, 9.17) is 0 Å². The Labute approximate surface area is 95.3 Å². The molecule has 1 aromatic heterocycles.